The van der Waals surface area contributed by atoms with Crippen molar-refractivity contribution in [1.82, 2.24) is 4.90 Å². The summed E-state index contributed by atoms with van der Waals surface area (Å²) in [5.74, 6) is 0.252. The molecule has 7 nitrogen and oxygen atoms in total. The number of benzene rings is 4. The van der Waals surface area contributed by atoms with Crippen LogP contribution >= 0.6 is 0 Å². The van der Waals surface area contributed by atoms with E-state index < -0.39 is 6.04 Å². The Bertz CT molecular complexity index is 1400. The van der Waals surface area contributed by atoms with E-state index in [2.05, 4.69) is 10.2 Å². The maximum Gasteiger partial charge on any atom is 0.251 e. The van der Waals surface area contributed by atoms with Crippen molar-refractivity contribution < 1.29 is 19.1 Å². The first-order valence-corrected chi connectivity index (χ1v) is 13.9. The molecular weight excluding hydrogens is 514 g/mol. The van der Waals surface area contributed by atoms with Crippen molar-refractivity contribution in [2.75, 3.05) is 43.6 Å². The van der Waals surface area contributed by atoms with E-state index in [0.717, 1.165) is 29.9 Å². The highest BCUT2D eigenvalue weighted by Gasteiger charge is 2.32. The van der Waals surface area contributed by atoms with E-state index in [1.807, 2.05) is 109 Å². The number of amides is 2. The first kappa shape index (κ1) is 27.9. The molecule has 1 N–H and O–H groups in total. The molecule has 1 aliphatic heterocycles. The maximum absolute atomic E-state index is 14.1. The van der Waals surface area contributed by atoms with Crippen molar-refractivity contribution in [2.45, 2.75) is 19.0 Å². The van der Waals surface area contributed by atoms with E-state index in [1.54, 1.807) is 12.0 Å². The maximum atomic E-state index is 14.1. The van der Waals surface area contributed by atoms with Gasteiger partial charge in [0.2, 0.25) is 5.91 Å². The van der Waals surface area contributed by atoms with Gasteiger partial charge in [0.05, 0.1) is 26.7 Å². The van der Waals surface area contributed by atoms with Gasteiger partial charge < -0.3 is 24.6 Å². The van der Waals surface area contributed by atoms with Crippen LogP contribution in [-0.2, 0) is 27.3 Å². The normalized spacial score (nSPS) is 13.7. The summed E-state index contributed by atoms with van der Waals surface area (Å²) in [5.41, 5.74) is 4.28. The van der Waals surface area contributed by atoms with Crippen LogP contribution in [0.1, 0.15) is 22.7 Å². The highest BCUT2D eigenvalue weighted by Crippen LogP contribution is 2.28. The molecule has 0 aliphatic carbocycles. The van der Waals surface area contributed by atoms with E-state index >= 15 is 0 Å². The van der Waals surface area contributed by atoms with Crippen LogP contribution in [0.25, 0.3) is 0 Å². The quantitative estimate of drug-likeness (QED) is 0.284. The van der Waals surface area contributed by atoms with Crippen LogP contribution in [0.4, 0.5) is 11.4 Å². The van der Waals surface area contributed by atoms with Gasteiger partial charge in [0.1, 0.15) is 11.8 Å². The van der Waals surface area contributed by atoms with E-state index in [4.69, 9.17) is 9.47 Å². The molecule has 7 heteroatoms. The first-order valence-electron chi connectivity index (χ1n) is 13.9. The SMILES string of the molecule is COc1ccc(C(C(=O)Nc2ccc(N3CCOCC3)cc2)N(Cc2ccccc2)C(=O)Cc2ccccc2)cc1. The van der Waals surface area contributed by atoms with Crippen LogP contribution in [0, 0.1) is 0 Å². The molecule has 4 aromatic carbocycles. The van der Waals surface area contributed by atoms with Crippen LogP contribution in [-0.4, -0.2) is 50.1 Å². The number of ether oxygens (including phenoxy) is 2. The lowest BCUT2D eigenvalue weighted by atomic mass is 10.0. The number of rotatable bonds is 10. The van der Waals surface area contributed by atoms with E-state index in [9.17, 15) is 9.59 Å². The van der Waals surface area contributed by atoms with Crippen LogP contribution in [0.5, 0.6) is 5.75 Å². The van der Waals surface area contributed by atoms with Gasteiger partial charge in [-0.25, -0.2) is 0 Å². The van der Waals surface area contributed by atoms with Crippen molar-refractivity contribution >= 4 is 23.2 Å². The van der Waals surface area contributed by atoms with Crippen molar-refractivity contribution in [2.24, 2.45) is 0 Å². The molecule has 210 valence electrons. The molecule has 0 bridgehead atoms. The molecule has 1 heterocycles. The van der Waals surface area contributed by atoms with Gasteiger partial charge in [-0.05, 0) is 53.1 Å². The van der Waals surface area contributed by atoms with Crippen molar-refractivity contribution in [3.05, 3.63) is 126 Å². The van der Waals surface area contributed by atoms with Crippen LogP contribution in [0.2, 0.25) is 0 Å². The molecular formula is C34H35N3O4. The van der Waals surface area contributed by atoms with E-state index in [1.165, 1.54) is 0 Å². The zero-order chi connectivity index (χ0) is 28.4. The van der Waals surface area contributed by atoms with Gasteiger partial charge in [-0.15, -0.1) is 0 Å². The molecule has 1 unspecified atom stereocenters. The highest BCUT2D eigenvalue weighted by atomic mass is 16.5. The number of nitrogens with one attached hydrogen (secondary N) is 1. The molecule has 5 rings (SSSR count). The Hall–Kier alpha value is -4.62. The molecule has 2 amide bonds. The fourth-order valence-electron chi connectivity index (χ4n) is 5.02. The molecule has 0 radical (unpaired) electrons. The molecule has 4 aromatic rings. The minimum Gasteiger partial charge on any atom is -0.497 e. The molecule has 0 aromatic heterocycles. The highest BCUT2D eigenvalue weighted by molar-refractivity contribution is 5.98. The molecule has 0 spiro atoms. The Morgan fingerprint density at radius 2 is 1.44 bits per heavy atom. The number of carbonyl (C=O) groups excluding carboxylic acids is 2. The number of carbonyl (C=O) groups is 2. The summed E-state index contributed by atoms with van der Waals surface area (Å²) >= 11 is 0. The molecule has 0 saturated carbocycles. The summed E-state index contributed by atoms with van der Waals surface area (Å²) in [7, 11) is 1.60. The van der Waals surface area contributed by atoms with Crippen molar-refractivity contribution in [3.8, 4) is 5.75 Å². The Morgan fingerprint density at radius 1 is 0.829 bits per heavy atom. The standard InChI is InChI=1S/C34H35N3O4/c1-40-31-18-12-28(13-19-31)33(34(39)35-29-14-16-30(17-15-29)36-20-22-41-23-21-36)37(25-27-10-6-3-7-11-27)32(38)24-26-8-4-2-5-9-26/h2-19,33H,20-25H2,1H3,(H,35,39). The zero-order valence-corrected chi connectivity index (χ0v) is 23.2. The second kappa shape index (κ2) is 13.6. The lowest BCUT2D eigenvalue weighted by Gasteiger charge is -2.32. The Balaban J connectivity index is 1.46. The van der Waals surface area contributed by atoms with Crippen LogP contribution in [0.3, 0.4) is 0 Å². The number of morpholine rings is 1. The van der Waals surface area contributed by atoms with Gasteiger partial charge >= 0.3 is 0 Å². The van der Waals surface area contributed by atoms with Crippen molar-refractivity contribution in [1.29, 1.82) is 0 Å². The molecule has 1 aliphatic rings. The average Bonchev–Trinajstić information content (AvgIpc) is 3.03. The van der Waals surface area contributed by atoms with E-state index in [0.29, 0.717) is 30.2 Å². The van der Waals surface area contributed by atoms with Gasteiger partial charge in [-0.3, -0.25) is 9.59 Å². The first-order chi connectivity index (χ1) is 20.1. The van der Waals surface area contributed by atoms with Crippen LogP contribution < -0.4 is 15.0 Å². The smallest absolute Gasteiger partial charge is 0.251 e. The fourth-order valence-corrected chi connectivity index (χ4v) is 5.02. The second-order valence-corrected chi connectivity index (χ2v) is 9.98. The monoisotopic (exact) mass is 549 g/mol. The number of nitrogens with zero attached hydrogens (tertiary/aromatic N) is 2. The largest absolute Gasteiger partial charge is 0.497 e. The third-order valence-electron chi connectivity index (χ3n) is 7.22. The fraction of sp³-hybridized carbons (Fsp3) is 0.235. The Kier molecular flexibility index (Phi) is 9.29. The van der Waals surface area contributed by atoms with Crippen molar-refractivity contribution in [3.63, 3.8) is 0 Å². The number of anilines is 2. The lowest BCUT2D eigenvalue weighted by Crippen LogP contribution is -2.41. The summed E-state index contributed by atoms with van der Waals surface area (Å²) in [6.07, 6.45) is 0.182. The Labute approximate surface area is 241 Å². The zero-order valence-electron chi connectivity index (χ0n) is 23.2. The predicted molar refractivity (Wildman–Crippen MR) is 161 cm³/mol. The molecule has 41 heavy (non-hydrogen) atoms. The topological polar surface area (TPSA) is 71.1 Å². The third-order valence-corrected chi connectivity index (χ3v) is 7.22. The number of methoxy groups -OCH3 is 1. The molecule has 1 saturated heterocycles. The minimum absolute atomic E-state index is 0.140. The summed E-state index contributed by atoms with van der Waals surface area (Å²) < 4.78 is 10.8. The van der Waals surface area contributed by atoms with Gasteiger partial charge in [-0.1, -0.05) is 72.8 Å². The number of hydrogen-bond donors (Lipinski definition) is 1. The minimum atomic E-state index is -0.865. The molecule has 1 atom stereocenters. The summed E-state index contributed by atoms with van der Waals surface area (Å²) in [4.78, 5) is 31.9. The Morgan fingerprint density at radius 3 is 2.05 bits per heavy atom. The molecule has 1 fully saturated rings. The number of hydrogen-bond acceptors (Lipinski definition) is 5. The average molecular weight is 550 g/mol. The lowest BCUT2D eigenvalue weighted by molar-refractivity contribution is -0.139. The van der Waals surface area contributed by atoms with E-state index in [-0.39, 0.29) is 24.8 Å². The van der Waals surface area contributed by atoms with Gasteiger partial charge in [0.25, 0.3) is 5.91 Å². The summed E-state index contributed by atoms with van der Waals surface area (Å²) in [5, 5.41) is 3.08. The summed E-state index contributed by atoms with van der Waals surface area (Å²) in [6.45, 7) is 3.37. The summed E-state index contributed by atoms with van der Waals surface area (Å²) in [6, 6.07) is 33.6. The van der Waals surface area contributed by atoms with Gasteiger partial charge in [0.15, 0.2) is 0 Å². The third kappa shape index (κ3) is 7.32. The van der Waals surface area contributed by atoms with Gasteiger partial charge in [-0.2, -0.15) is 0 Å². The predicted octanol–water partition coefficient (Wildman–Crippen LogP) is 5.48. The second-order valence-electron chi connectivity index (χ2n) is 9.98. The van der Waals surface area contributed by atoms with Crippen LogP contribution in [0.15, 0.2) is 109 Å². The van der Waals surface area contributed by atoms with Gasteiger partial charge in [0, 0.05) is 31.0 Å².